The molecule has 1 atom stereocenters. The summed E-state index contributed by atoms with van der Waals surface area (Å²) in [4.78, 5) is 0. The Kier molecular flexibility index (Phi) is 7.89. The highest BCUT2D eigenvalue weighted by Gasteiger charge is 1.93. The molecule has 3 heteroatoms. The Morgan fingerprint density at radius 1 is 1.45 bits per heavy atom. The Labute approximate surface area is 68.8 Å². The first-order valence-electron chi connectivity index (χ1n) is 4.24. The number of ether oxygens (including phenoxy) is 1. The standard InChI is InChI=1S/C8H19NO2/c1-3-9-5-7-11-6-4-8(2)10/h8-10H,3-7H2,1-2H3. The second kappa shape index (κ2) is 7.98. The van der Waals surface area contributed by atoms with Gasteiger partial charge in [0, 0.05) is 13.2 Å². The number of hydrogen-bond donors (Lipinski definition) is 2. The zero-order chi connectivity index (χ0) is 8.53. The lowest BCUT2D eigenvalue weighted by atomic mass is 10.3. The molecule has 0 rings (SSSR count). The van der Waals surface area contributed by atoms with Crippen LogP contribution in [0, 0.1) is 0 Å². The molecule has 0 bridgehead atoms. The van der Waals surface area contributed by atoms with E-state index in [9.17, 15) is 0 Å². The summed E-state index contributed by atoms with van der Waals surface area (Å²) in [6, 6.07) is 0. The second-order valence-electron chi connectivity index (χ2n) is 2.60. The summed E-state index contributed by atoms with van der Waals surface area (Å²) >= 11 is 0. The van der Waals surface area contributed by atoms with Gasteiger partial charge in [0.2, 0.25) is 0 Å². The molecule has 0 saturated carbocycles. The number of likely N-dealkylation sites (N-methyl/N-ethyl adjacent to an activating group) is 1. The van der Waals surface area contributed by atoms with Gasteiger partial charge in [-0.1, -0.05) is 6.92 Å². The number of hydrogen-bond acceptors (Lipinski definition) is 3. The minimum Gasteiger partial charge on any atom is -0.393 e. The van der Waals surface area contributed by atoms with Crippen molar-refractivity contribution in [3.63, 3.8) is 0 Å². The zero-order valence-electron chi connectivity index (χ0n) is 7.47. The van der Waals surface area contributed by atoms with E-state index in [1.165, 1.54) is 0 Å². The molecule has 0 heterocycles. The van der Waals surface area contributed by atoms with Gasteiger partial charge >= 0.3 is 0 Å². The van der Waals surface area contributed by atoms with E-state index >= 15 is 0 Å². The lowest BCUT2D eigenvalue weighted by Gasteiger charge is -2.05. The molecule has 0 aliphatic heterocycles. The Bertz CT molecular complexity index is 76.5. The van der Waals surface area contributed by atoms with Crippen LogP contribution in [-0.2, 0) is 4.74 Å². The highest BCUT2D eigenvalue weighted by atomic mass is 16.5. The summed E-state index contributed by atoms with van der Waals surface area (Å²) in [6.07, 6.45) is 0.487. The van der Waals surface area contributed by atoms with Crippen LogP contribution in [0.2, 0.25) is 0 Å². The van der Waals surface area contributed by atoms with Crippen LogP contribution < -0.4 is 5.32 Å². The van der Waals surface area contributed by atoms with Gasteiger partial charge in [0.05, 0.1) is 12.7 Å². The third-order valence-corrected chi connectivity index (χ3v) is 1.35. The highest BCUT2D eigenvalue weighted by Crippen LogP contribution is 1.88. The van der Waals surface area contributed by atoms with Gasteiger partial charge in [-0.3, -0.25) is 0 Å². The van der Waals surface area contributed by atoms with Crippen LogP contribution in [0.25, 0.3) is 0 Å². The molecule has 0 radical (unpaired) electrons. The normalized spacial score (nSPS) is 13.4. The lowest BCUT2D eigenvalue weighted by Crippen LogP contribution is -2.19. The SMILES string of the molecule is CCNCCOCCC(C)O. The van der Waals surface area contributed by atoms with Gasteiger partial charge in [-0.15, -0.1) is 0 Å². The number of aliphatic hydroxyl groups excluding tert-OH is 1. The lowest BCUT2D eigenvalue weighted by molar-refractivity contribution is 0.0908. The predicted molar refractivity (Wildman–Crippen MR) is 45.7 cm³/mol. The molecule has 0 fully saturated rings. The van der Waals surface area contributed by atoms with Crippen molar-refractivity contribution >= 4 is 0 Å². The van der Waals surface area contributed by atoms with Crippen molar-refractivity contribution in [3.05, 3.63) is 0 Å². The van der Waals surface area contributed by atoms with Crippen molar-refractivity contribution in [3.8, 4) is 0 Å². The largest absolute Gasteiger partial charge is 0.393 e. The molecule has 0 aromatic rings. The van der Waals surface area contributed by atoms with Crippen molar-refractivity contribution in [2.45, 2.75) is 26.4 Å². The molecular weight excluding hydrogens is 142 g/mol. The van der Waals surface area contributed by atoms with Crippen LogP contribution in [0.5, 0.6) is 0 Å². The highest BCUT2D eigenvalue weighted by molar-refractivity contribution is 4.45. The predicted octanol–water partition coefficient (Wildman–Crippen LogP) is 0.383. The van der Waals surface area contributed by atoms with E-state index in [0.29, 0.717) is 6.61 Å². The van der Waals surface area contributed by atoms with Crippen LogP contribution in [0.3, 0.4) is 0 Å². The van der Waals surface area contributed by atoms with E-state index < -0.39 is 0 Å². The summed E-state index contributed by atoms with van der Waals surface area (Å²) < 4.78 is 5.22. The van der Waals surface area contributed by atoms with Crippen LogP contribution >= 0.6 is 0 Å². The first-order valence-corrected chi connectivity index (χ1v) is 4.24. The molecule has 0 aliphatic carbocycles. The van der Waals surface area contributed by atoms with Crippen LogP contribution in [-0.4, -0.2) is 37.5 Å². The third kappa shape index (κ3) is 9.88. The summed E-state index contributed by atoms with van der Waals surface area (Å²) in [5, 5.41) is 12.0. The summed E-state index contributed by atoms with van der Waals surface area (Å²) in [6.45, 7) is 7.11. The van der Waals surface area contributed by atoms with E-state index in [1.54, 1.807) is 6.92 Å². The van der Waals surface area contributed by atoms with E-state index in [0.717, 1.165) is 26.1 Å². The Morgan fingerprint density at radius 2 is 2.18 bits per heavy atom. The van der Waals surface area contributed by atoms with Crippen molar-refractivity contribution < 1.29 is 9.84 Å². The van der Waals surface area contributed by atoms with E-state index in [2.05, 4.69) is 12.2 Å². The van der Waals surface area contributed by atoms with Gasteiger partial charge in [0.1, 0.15) is 0 Å². The molecule has 2 N–H and O–H groups in total. The number of aliphatic hydroxyl groups is 1. The molecule has 11 heavy (non-hydrogen) atoms. The van der Waals surface area contributed by atoms with E-state index in [-0.39, 0.29) is 6.10 Å². The minimum absolute atomic E-state index is 0.242. The first kappa shape index (κ1) is 10.9. The van der Waals surface area contributed by atoms with Crippen LogP contribution in [0.1, 0.15) is 20.3 Å². The fourth-order valence-corrected chi connectivity index (χ4v) is 0.677. The van der Waals surface area contributed by atoms with Gasteiger partial charge < -0.3 is 15.2 Å². The monoisotopic (exact) mass is 161 g/mol. The summed E-state index contributed by atoms with van der Waals surface area (Å²) in [7, 11) is 0. The van der Waals surface area contributed by atoms with Crippen LogP contribution in [0.15, 0.2) is 0 Å². The molecule has 0 aromatic carbocycles. The second-order valence-corrected chi connectivity index (χ2v) is 2.60. The summed E-state index contributed by atoms with van der Waals surface area (Å²) in [5.41, 5.74) is 0. The average molecular weight is 161 g/mol. The molecule has 0 spiro atoms. The fourth-order valence-electron chi connectivity index (χ4n) is 0.677. The fraction of sp³-hybridized carbons (Fsp3) is 1.00. The number of nitrogens with one attached hydrogen (secondary N) is 1. The Morgan fingerprint density at radius 3 is 2.73 bits per heavy atom. The Hall–Kier alpha value is -0.120. The zero-order valence-corrected chi connectivity index (χ0v) is 7.47. The van der Waals surface area contributed by atoms with Gasteiger partial charge in [0.15, 0.2) is 0 Å². The number of rotatable bonds is 7. The molecular formula is C8H19NO2. The van der Waals surface area contributed by atoms with E-state index in [4.69, 9.17) is 9.84 Å². The quantitative estimate of drug-likeness (QED) is 0.530. The first-order chi connectivity index (χ1) is 5.27. The molecule has 0 aromatic heterocycles. The average Bonchev–Trinajstić information content (AvgIpc) is 1.96. The molecule has 1 unspecified atom stereocenters. The molecule has 3 nitrogen and oxygen atoms in total. The van der Waals surface area contributed by atoms with Crippen molar-refractivity contribution in [2.75, 3.05) is 26.3 Å². The van der Waals surface area contributed by atoms with Gasteiger partial charge in [0.25, 0.3) is 0 Å². The van der Waals surface area contributed by atoms with Crippen molar-refractivity contribution in [2.24, 2.45) is 0 Å². The smallest absolute Gasteiger partial charge is 0.0590 e. The maximum Gasteiger partial charge on any atom is 0.0590 e. The van der Waals surface area contributed by atoms with Gasteiger partial charge in [-0.2, -0.15) is 0 Å². The molecule has 0 amide bonds. The van der Waals surface area contributed by atoms with E-state index in [1.807, 2.05) is 0 Å². The minimum atomic E-state index is -0.242. The molecule has 68 valence electrons. The molecule has 0 aliphatic rings. The molecule has 0 saturated heterocycles. The van der Waals surface area contributed by atoms with Crippen molar-refractivity contribution in [1.82, 2.24) is 5.32 Å². The van der Waals surface area contributed by atoms with Gasteiger partial charge in [-0.25, -0.2) is 0 Å². The Balaban J connectivity index is 2.80. The van der Waals surface area contributed by atoms with Crippen molar-refractivity contribution in [1.29, 1.82) is 0 Å². The topological polar surface area (TPSA) is 41.5 Å². The van der Waals surface area contributed by atoms with Crippen LogP contribution in [0.4, 0.5) is 0 Å². The maximum atomic E-state index is 8.86. The third-order valence-electron chi connectivity index (χ3n) is 1.35. The maximum absolute atomic E-state index is 8.86. The van der Waals surface area contributed by atoms with Gasteiger partial charge in [-0.05, 0) is 19.9 Å². The summed E-state index contributed by atoms with van der Waals surface area (Å²) in [5.74, 6) is 0.